The number of carbonyl (C=O) groups is 1. The lowest BCUT2D eigenvalue weighted by Crippen LogP contribution is -2.49. The Morgan fingerprint density at radius 2 is 2.06 bits per heavy atom. The Morgan fingerprint density at radius 1 is 1.50 bits per heavy atom. The van der Waals surface area contributed by atoms with Gasteiger partial charge in [0.1, 0.15) is 5.60 Å². The van der Waals surface area contributed by atoms with Crippen molar-refractivity contribution in [2.45, 2.75) is 64.2 Å². The summed E-state index contributed by atoms with van der Waals surface area (Å²) in [7, 11) is 1.69. The summed E-state index contributed by atoms with van der Waals surface area (Å²) in [4.78, 5) is 13.4. The van der Waals surface area contributed by atoms with Crippen LogP contribution in [0, 0.1) is 0 Å². The number of hydrogen-bond donors (Lipinski definition) is 1. The van der Waals surface area contributed by atoms with Crippen LogP contribution in [0.15, 0.2) is 0 Å². The number of ether oxygens (including phenoxy) is 1. The highest BCUT2D eigenvalue weighted by atomic mass is 16.6. The molecule has 0 radical (unpaired) electrons. The zero-order valence-electron chi connectivity index (χ0n) is 10.9. The molecule has 94 valence electrons. The average Bonchev–Trinajstić information content (AvgIpc) is 2.40. The van der Waals surface area contributed by atoms with E-state index in [0.29, 0.717) is 0 Å². The Bertz CT molecular complexity index is 268. The van der Waals surface area contributed by atoms with Gasteiger partial charge in [0, 0.05) is 7.05 Å². The second kappa shape index (κ2) is 4.24. The first kappa shape index (κ1) is 13.3. The number of aliphatic hydroxyl groups is 1. The fourth-order valence-corrected chi connectivity index (χ4v) is 2.20. The van der Waals surface area contributed by atoms with E-state index in [2.05, 4.69) is 0 Å². The van der Waals surface area contributed by atoms with Crippen LogP contribution in [0.1, 0.15) is 47.0 Å². The van der Waals surface area contributed by atoms with Crippen molar-refractivity contribution in [1.29, 1.82) is 0 Å². The largest absolute Gasteiger partial charge is 0.444 e. The highest BCUT2D eigenvalue weighted by Crippen LogP contribution is 2.33. The Kier molecular flexibility index (Phi) is 3.53. The van der Waals surface area contributed by atoms with Gasteiger partial charge in [-0.15, -0.1) is 0 Å². The Morgan fingerprint density at radius 3 is 2.44 bits per heavy atom. The zero-order chi connectivity index (χ0) is 12.6. The Balaban J connectivity index is 2.64. The topological polar surface area (TPSA) is 49.8 Å². The lowest BCUT2D eigenvalue weighted by Gasteiger charge is -2.34. The van der Waals surface area contributed by atoms with E-state index in [9.17, 15) is 9.90 Å². The molecule has 2 atom stereocenters. The lowest BCUT2D eigenvalue weighted by atomic mass is 10.00. The van der Waals surface area contributed by atoms with Crippen molar-refractivity contribution in [3.05, 3.63) is 0 Å². The monoisotopic (exact) mass is 229 g/mol. The second-order valence-corrected chi connectivity index (χ2v) is 5.86. The van der Waals surface area contributed by atoms with Gasteiger partial charge in [-0.25, -0.2) is 4.79 Å². The van der Waals surface area contributed by atoms with Gasteiger partial charge in [0.15, 0.2) is 0 Å². The van der Waals surface area contributed by atoms with Crippen molar-refractivity contribution >= 4 is 6.09 Å². The number of carbonyl (C=O) groups excluding carboxylic acids is 1. The van der Waals surface area contributed by atoms with Crippen molar-refractivity contribution in [3.63, 3.8) is 0 Å². The van der Waals surface area contributed by atoms with E-state index in [0.717, 1.165) is 19.3 Å². The second-order valence-electron chi connectivity index (χ2n) is 5.86. The first-order valence-corrected chi connectivity index (χ1v) is 5.82. The van der Waals surface area contributed by atoms with E-state index in [1.165, 1.54) is 4.90 Å². The summed E-state index contributed by atoms with van der Waals surface area (Å²) in [5.41, 5.74) is -1.28. The molecule has 0 saturated heterocycles. The van der Waals surface area contributed by atoms with Crippen molar-refractivity contribution in [3.8, 4) is 0 Å². The average molecular weight is 229 g/mol. The summed E-state index contributed by atoms with van der Waals surface area (Å²) in [5, 5.41) is 10.1. The highest BCUT2D eigenvalue weighted by Gasteiger charge is 2.41. The molecule has 0 aromatic carbocycles. The quantitative estimate of drug-likeness (QED) is 0.749. The van der Waals surface area contributed by atoms with E-state index in [1.807, 2.05) is 20.8 Å². The van der Waals surface area contributed by atoms with Crippen LogP contribution in [0.3, 0.4) is 0 Å². The summed E-state index contributed by atoms with van der Waals surface area (Å²) >= 11 is 0. The molecule has 1 aliphatic carbocycles. The maximum atomic E-state index is 11.8. The van der Waals surface area contributed by atoms with Crippen LogP contribution in [0.25, 0.3) is 0 Å². The molecule has 0 unspecified atom stereocenters. The van der Waals surface area contributed by atoms with Gasteiger partial charge in [0.25, 0.3) is 0 Å². The first-order chi connectivity index (χ1) is 7.13. The van der Waals surface area contributed by atoms with Gasteiger partial charge < -0.3 is 14.7 Å². The summed E-state index contributed by atoms with van der Waals surface area (Å²) < 4.78 is 5.28. The summed E-state index contributed by atoms with van der Waals surface area (Å²) in [6.45, 7) is 7.30. The van der Waals surface area contributed by atoms with Gasteiger partial charge in [-0.1, -0.05) is 0 Å². The molecule has 0 bridgehead atoms. The highest BCUT2D eigenvalue weighted by molar-refractivity contribution is 5.68. The van der Waals surface area contributed by atoms with E-state index >= 15 is 0 Å². The third-order valence-corrected chi connectivity index (χ3v) is 3.03. The maximum Gasteiger partial charge on any atom is 0.410 e. The third kappa shape index (κ3) is 3.11. The Labute approximate surface area is 97.6 Å². The minimum absolute atomic E-state index is 0.137. The molecule has 16 heavy (non-hydrogen) atoms. The molecule has 1 saturated carbocycles. The maximum absolute atomic E-state index is 11.8. The molecule has 1 fully saturated rings. The molecule has 1 amide bonds. The van der Waals surface area contributed by atoms with E-state index < -0.39 is 11.2 Å². The third-order valence-electron chi connectivity index (χ3n) is 3.03. The zero-order valence-corrected chi connectivity index (χ0v) is 10.9. The van der Waals surface area contributed by atoms with Crippen LogP contribution in [0.5, 0.6) is 0 Å². The standard InChI is InChI=1S/C12H23NO3/c1-11(2,3)16-10(14)13(5)9-7-6-8-12(9,4)15/h9,15H,6-8H2,1-5H3/t9-,12-/m1/s1. The molecule has 0 aliphatic heterocycles. The van der Waals surface area contributed by atoms with E-state index in [-0.39, 0.29) is 12.1 Å². The van der Waals surface area contributed by atoms with E-state index in [4.69, 9.17) is 4.74 Å². The molecule has 4 heteroatoms. The van der Waals surface area contributed by atoms with Crippen LogP contribution in [-0.2, 0) is 4.74 Å². The van der Waals surface area contributed by atoms with E-state index in [1.54, 1.807) is 14.0 Å². The van der Waals surface area contributed by atoms with Gasteiger partial charge in [-0.2, -0.15) is 0 Å². The summed E-state index contributed by atoms with van der Waals surface area (Å²) in [6.07, 6.45) is 2.16. The van der Waals surface area contributed by atoms with Crippen LogP contribution in [0.2, 0.25) is 0 Å². The minimum atomic E-state index is -0.786. The van der Waals surface area contributed by atoms with Crippen LogP contribution in [0.4, 0.5) is 4.79 Å². The molecule has 0 aromatic rings. The van der Waals surface area contributed by atoms with Gasteiger partial charge in [-0.05, 0) is 47.0 Å². The predicted molar refractivity (Wildman–Crippen MR) is 62.3 cm³/mol. The van der Waals surface area contributed by atoms with Gasteiger partial charge in [0.05, 0.1) is 11.6 Å². The SMILES string of the molecule is CN(C(=O)OC(C)(C)C)[C@@H]1CCC[C@@]1(C)O. The van der Waals surface area contributed by atoms with Crippen molar-refractivity contribution < 1.29 is 14.6 Å². The Hall–Kier alpha value is -0.770. The van der Waals surface area contributed by atoms with Crippen LogP contribution < -0.4 is 0 Å². The molecule has 0 heterocycles. The molecular weight excluding hydrogens is 206 g/mol. The fraction of sp³-hybridized carbons (Fsp3) is 0.917. The first-order valence-electron chi connectivity index (χ1n) is 5.82. The van der Waals surface area contributed by atoms with Crippen molar-refractivity contribution in [2.24, 2.45) is 0 Å². The number of nitrogens with zero attached hydrogens (tertiary/aromatic N) is 1. The molecular formula is C12H23NO3. The summed E-state index contributed by atoms with van der Waals surface area (Å²) in [6, 6.07) is -0.137. The number of amides is 1. The molecule has 1 aliphatic rings. The number of hydrogen-bond acceptors (Lipinski definition) is 3. The molecule has 1 rings (SSSR count). The molecule has 1 N–H and O–H groups in total. The lowest BCUT2D eigenvalue weighted by molar-refractivity contribution is -0.0246. The van der Waals surface area contributed by atoms with Crippen molar-refractivity contribution in [2.75, 3.05) is 7.05 Å². The van der Waals surface area contributed by atoms with Gasteiger partial charge in [-0.3, -0.25) is 0 Å². The normalized spacial score (nSPS) is 30.2. The van der Waals surface area contributed by atoms with Gasteiger partial charge >= 0.3 is 6.09 Å². The van der Waals surface area contributed by atoms with Crippen LogP contribution in [-0.4, -0.2) is 40.4 Å². The minimum Gasteiger partial charge on any atom is -0.444 e. The number of likely N-dealkylation sites (N-methyl/N-ethyl adjacent to an activating group) is 1. The molecule has 4 nitrogen and oxygen atoms in total. The molecule has 0 spiro atoms. The van der Waals surface area contributed by atoms with Gasteiger partial charge in [0.2, 0.25) is 0 Å². The van der Waals surface area contributed by atoms with Crippen molar-refractivity contribution in [1.82, 2.24) is 4.90 Å². The summed E-state index contributed by atoms with van der Waals surface area (Å²) in [5.74, 6) is 0. The fourth-order valence-electron chi connectivity index (χ4n) is 2.20. The van der Waals surface area contributed by atoms with Crippen LogP contribution >= 0.6 is 0 Å². The number of rotatable bonds is 1. The smallest absolute Gasteiger partial charge is 0.410 e. The predicted octanol–water partition coefficient (Wildman–Crippen LogP) is 2.16. The molecule has 0 aromatic heterocycles.